The van der Waals surface area contributed by atoms with Crippen LogP contribution in [0.1, 0.15) is 42.3 Å². The Hall–Kier alpha value is -3.53. The van der Waals surface area contributed by atoms with E-state index in [0.717, 1.165) is 11.1 Å². The van der Waals surface area contributed by atoms with E-state index in [2.05, 4.69) is 5.32 Å². The van der Waals surface area contributed by atoms with Crippen LogP contribution in [-0.2, 0) is 9.53 Å². The Morgan fingerprint density at radius 2 is 1.81 bits per heavy atom. The van der Waals surface area contributed by atoms with Gasteiger partial charge in [0, 0.05) is 23.2 Å². The van der Waals surface area contributed by atoms with Gasteiger partial charge in [0.2, 0.25) is 0 Å². The maximum Gasteiger partial charge on any atom is 0.260 e. The molecular weight excluding hydrogens is 467 g/mol. The van der Waals surface area contributed by atoms with Crippen molar-refractivity contribution in [3.8, 4) is 0 Å². The fraction of sp³-hybridized carbons (Fsp3) is 0.333. The molecule has 1 saturated heterocycles. The number of aliphatic hydroxyl groups is 3. The summed E-state index contributed by atoms with van der Waals surface area (Å²) in [5, 5.41) is 32.7. The van der Waals surface area contributed by atoms with Gasteiger partial charge in [-0.05, 0) is 62.7 Å². The van der Waals surface area contributed by atoms with Crippen molar-refractivity contribution in [3.63, 3.8) is 0 Å². The number of β-amino-alcohol motifs (C(OH)–C–C–N with tert-alkyl or cyclic N) is 1. The number of piperidine rings is 1. The van der Waals surface area contributed by atoms with Gasteiger partial charge in [0.15, 0.2) is 0 Å². The van der Waals surface area contributed by atoms with Gasteiger partial charge in [0.05, 0.1) is 17.3 Å². The van der Waals surface area contributed by atoms with Gasteiger partial charge >= 0.3 is 0 Å². The lowest BCUT2D eigenvalue weighted by atomic mass is 9.91. The molecule has 0 bridgehead atoms. The number of carbonyl (C=O) groups is 2. The maximum atomic E-state index is 13.6. The molecule has 3 heterocycles. The average molecular weight is 495 g/mol. The standard InChI is InChI=1S/C27H27FN2O6/c1-13-23(32)24(33)20(31)12-30(13)26(35)15-6-4-14(5-7-15)18-11-21(36-27(18,2)3)22-17-9-8-16(28)10-19(17)29-25(22)34/h4-11,13,20,23-24,31-33H,12H2,1-3H3,(H,29,34)/b22-21+/t13-,20+,23+,24-/m0/s1. The number of amides is 2. The summed E-state index contributed by atoms with van der Waals surface area (Å²) in [5.74, 6) is -0.811. The molecule has 4 atom stereocenters. The maximum absolute atomic E-state index is 13.6. The van der Waals surface area contributed by atoms with E-state index >= 15 is 0 Å². The van der Waals surface area contributed by atoms with E-state index in [1.807, 2.05) is 13.8 Å². The van der Waals surface area contributed by atoms with Gasteiger partial charge in [0.1, 0.15) is 35.5 Å². The number of nitrogens with zero attached hydrogens (tertiary/aromatic N) is 1. The predicted octanol–water partition coefficient (Wildman–Crippen LogP) is 2.31. The lowest BCUT2D eigenvalue weighted by Gasteiger charge is -2.42. The minimum atomic E-state index is -1.31. The van der Waals surface area contributed by atoms with Gasteiger partial charge in [-0.15, -0.1) is 0 Å². The van der Waals surface area contributed by atoms with Crippen molar-refractivity contribution in [2.45, 2.75) is 50.7 Å². The monoisotopic (exact) mass is 494 g/mol. The molecule has 0 spiro atoms. The molecule has 0 radical (unpaired) electrons. The number of nitrogens with one attached hydrogen (secondary N) is 1. The number of hydrogen-bond acceptors (Lipinski definition) is 6. The van der Waals surface area contributed by atoms with Crippen LogP contribution in [0.3, 0.4) is 0 Å². The fourth-order valence-corrected chi connectivity index (χ4v) is 5.01. The summed E-state index contributed by atoms with van der Waals surface area (Å²) in [4.78, 5) is 27.1. The van der Waals surface area contributed by atoms with Crippen LogP contribution in [0.25, 0.3) is 11.1 Å². The zero-order valence-electron chi connectivity index (χ0n) is 20.0. The smallest absolute Gasteiger partial charge is 0.260 e. The minimum absolute atomic E-state index is 0.0869. The van der Waals surface area contributed by atoms with E-state index in [-0.39, 0.29) is 18.4 Å². The van der Waals surface area contributed by atoms with E-state index in [1.165, 1.54) is 17.0 Å². The number of halogens is 1. The van der Waals surface area contributed by atoms with E-state index in [9.17, 15) is 29.3 Å². The molecule has 5 rings (SSSR count). The van der Waals surface area contributed by atoms with Gasteiger partial charge in [-0.3, -0.25) is 9.59 Å². The first-order chi connectivity index (χ1) is 17.0. The quantitative estimate of drug-likeness (QED) is 0.476. The number of carbonyl (C=O) groups excluding carboxylic acids is 2. The lowest BCUT2D eigenvalue weighted by Crippen LogP contribution is -2.61. The Balaban J connectivity index is 1.45. The Morgan fingerprint density at radius 3 is 2.50 bits per heavy atom. The van der Waals surface area contributed by atoms with Crippen molar-refractivity contribution in [1.29, 1.82) is 0 Å². The van der Waals surface area contributed by atoms with Gasteiger partial charge in [-0.25, -0.2) is 4.39 Å². The zero-order chi connectivity index (χ0) is 25.9. The van der Waals surface area contributed by atoms with Gasteiger partial charge in [0.25, 0.3) is 11.8 Å². The first-order valence-electron chi connectivity index (χ1n) is 11.7. The first-order valence-corrected chi connectivity index (χ1v) is 11.7. The van der Waals surface area contributed by atoms with Gasteiger partial charge in [-0.1, -0.05) is 12.1 Å². The van der Waals surface area contributed by atoms with Crippen LogP contribution in [-0.4, -0.2) is 68.5 Å². The predicted molar refractivity (Wildman–Crippen MR) is 130 cm³/mol. The van der Waals surface area contributed by atoms with Crippen molar-refractivity contribution in [3.05, 3.63) is 76.8 Å². The lowest BCUT2D eigenvalue weighted by molar-refractivity contribution is -0.123. The zero-order valence-corrected chi connectivity index (χ0v) is 20.0. The average Bonchev–Trinajstić information content (AvgIpc) is 3.33. The Bertz CT molecular complexity index is 1320. The third-order valence-corrected chi connectivity index (χ3v) is 7.08. The second kappa shape index (κ2) is 8.55. The molecule has 2 aromatic carbocycles. The van der Waals surface area contributed by atoms with E-state index in [1.54, 1.807) is 43.3 Å². The van der Waals surface area contributed by atoms with Crippen LogP contribution in [0.4, 0.5) is 10.1 Å². The number of aliphatic hydroxyl groups excluding tert-OH is 3. The van der Waals surface area contributed by atoms with Crippen molar-refractivity contribution in [2.24, 2.45) is 0 Å². The first kappa shape index (κ1) is 24.2. The highest BCUT2D eigenvalue weighted by Crippen LogP contribution is 2.44. The molecule has 36 heavy (non-hydrogen) atoms. The summed E-state index contributed by atoms with van der Waals surface area (Å²) >= 11 is 0. The molecule has 0 aliphatic carbocycles. The fourth-order valence-electron chi connectivity index (χ4n) is 5.01. The molecule has 0 unspecified atom stereocenters. The topological polar surface area (TPSA) is 119 Å². The van der Waals surface area contributed by atoms with Crippen LogP contribution < -0.4 is 5.32 Å². The van der Waals surface area contributed by atoms with Crippen molar-refractivity contribution >= 4 is 28.6 Å². The molecule has 1 fully saturated rings. The van der Waals surface area contributed by atoms with Crippen LogP contribution in [0.5, 0.6) is 0 Å². The van der Waals surface area contributed by atoms with E-state index in [0.29, 0.717) is 28.1 Å². The Kier molecular flexibility index (Phi) is 5.74. The molecule has 8 nitrogen and oxygen atoms in total. The van der Waals surface area contributed by atoms with Crippen LogP contribution >= 0.6 is 0 Å². The third kappa shape index (κ3) is 3.89. The highest BCUT2D eigenvalue weighted by molar-refractivity contribution is 6.32. The molecule has 2 aromatic rings. The number of allylic oxidation sites excluding steroid dienone is 1. The summed E-state index contributed by atoms with van der Waals surface area (Å²) in [6, 6.07) is 10.3. The summed E-state index contributed by atoms with van der Waals surface area (Å²) in [6.07, 6.45) is -2.01. The van der Waals surface area contributed by atoms with Gasteiger partial charge < -0.3 is 30.3 Å². The largest absolute Gasteiger partial charge is 0.482 e. The Morgan fingerprint density at radius 1 is 1.11 bits per heavy atom. The molecule has 188 valence electrons. The van der Waals surface area contributed by atoms with E-state index in [4.69, 9.17) is 4.74 Å². The molecule has 0 saturated carbocycles. The number of benzene rings is 2. The number of ether oxygens (including phenoxy) is 1. The molecule has 0 aromatic heterocycles. The second-order valence-corrected chi connectivity index (χ2v) is 9.88. The normalized spacial score (nSPS) is 28.9. The van der Waals surface area contributed by atoms with Gasteiger partial charge in [-0.2, -0.15) is 0 Å². The number of hydrogen-bond donors (Lipinski definition) is 4. The molecule has 4 N–H and O–H groups in total. The Labute approximate surface area is 207 Å². The second-order valence-electron chi connectivity index (χ2n) is 9.88. The number of likely N-dealkylation sites (tertiary alicyclic amines) is 1. The molecule has 3 aliphatic heterocycles. The number of fused-ring (bicyclic) bond motifs is 1. The van der Waals surface area contributed by atoms with E-state index < -0.39 is 35.8 Å². The van der Waals surface area contributed by atoms with Crippen LogP contribution in [0.15, 0.2) is 54.3 Å². The molecule has 9 heteroatoms. The van der Waals surface area contributed by atoms with Crippen molar-refractivity contribution in [2.75, 3.05) is 11.9 Å². The number of rotatable bonds is 2. The SMILES string of the molecule is C[C@H]1[C@@H](O)[C@@H](O)[C@H](O)CN1C(=O)c1ccc(C2=C/C(=C3\C(=O)Nc4cc(F)ccc43)OC2(C)C)cc1. The molecule has 3 aliphatic rings. The summed E-state index contributed by atoms with van der Waals surface area (Å²) in [7, 11) is 0. The third-order valence-electron chi connectivity index (χ3n) is 7.08. The number of anilines is 1. The van der Waals surface area contributed by atoms with Crippen LogP contribution in [0, 0.1) is 5.82 Å². The molecule has 2 amide bonds. The summed E-state index contributed by atoms with van der Waals surface area (Å²) in [6.45, 7) is 5.27. The highest BCUT2D eigenvalue weighted by Gasteiger charge is 2.41. The van der Waals surface area contributed by atoms with Crippen LogP contribution in [0.2, 0.25) is 0 Å². The highest BCUT2D eigenvalue weighted by atomic mass is 19.1. The minimum Gasteiger partial charge on any atom is -0.482 e. The summed E-state index contributed by atoms with van der Waals surface area (Å²) in [5.41, 5.74) is 2.46. The summed E-state index contributed by atoms with van der Waals surface area (Å²) < 4.78 is 19.8. The molecular formula is C27H27FN2O6. The van der Waals surface area contributed by atoms with Crippen molar-refractivity contribution < 1.29 is 34.0 Å². The van der Waals surface area contributed by atoms with Crippen molar-refractivity contribution in [1.82, 2.24) is 4.90 Å².